The number of benzene rings is 1. The number of hydrogen-bond donors (Lipinski definition) is 1. The Kier molecular flexibility index (Phi) is 3.27. The maximum atomic E-state index is 12.1. The van der Waals surface area contributed by atoms with Crippen molar-refractivity contribution in [3.63, 3.8) is 0 Å². The Morgan fingerprint density at radius 3 is 2.44 bits per heavy atom. The van der Waals surface area contributed by atoms with Gasteiger partial charge in [-0.1, -0.05) is 11.6 Å². The Morgan fingerprint density at radius 2 is 2.00 bits per heavy atom. The van der Waals surface area contributed by atoms with Crippen molar-refractivity contribution in [2.24, 2.45) is 0 Å². The second kappa shape index (κ2) is 4.17. The third kappa shape index (κ3) is 2.99. The molecule has 0 aliphatic rings. The van der Waals surface area contributed by atoms with Crippen LogP contribution in [0.1, 0.15) is 5.56 Å². The van der Waals surface area contributed by atoms with Gasteiger partial charge >= 0.3 is 6.18 Å². The Bertz CT molecular complexity index is 434. The van der Waals surface area contributed by atoms with E-state index in [1.165, 1.54) is 0 Å². The molecule has 88 valence electrons. The second-order valence-electron chi connectivity index (χ2n) is 3.05. The predicted octanol–water partition coefficient (Wildman–Crippen LogP) is 2.94. The van der Waals surface area contributed by atoms with Crippen molar-refractivity contribution < 1.29 is 18.1 Å². The van der Waals surface area contributed by atoms with Crippen molar-refractivity contribution in [1.29, 1.82) is 0 Å². The molecule has 0 atom stereocenters. The van der Waals surface area contributed by atoms with Gasteiger partial charge < -0.3 is 5.73 Å². The molecule has 0 amide bonds. The highest BCUT2D eigenvalue weighted by atomic mass is 35.5. The number of nitrogens with zero attached hydrogens (tertiary/aromatic N) is 1. The van der Waals surface area contributed by atoms with Crippen molar-refractivity contribution in [1.82, 2.24) is 0 Å². The van der Waals surface area contributed by atoms with Crippen LogP contribution >= 0.6 is 11.6 Å². The van der Waals surface area contributed by atoms with Gasteiger partial charge in [-0.05, 0) is 11.6 Å². The molecule has 0 bridgehead atoms. The van der Waals surface area contributed by atoms with Crippen LogP contribution in [-0.4, -0.2) is 11.1 Å². The number of nitro benzene ring substituents is 1. The Labute approximate surface area is 93.0 Å². The summed E-state index contributed by atoms with van der Waals surface area (Å²) < 4.78 is 36.3. The summed E-state index contributed by atoms with van der Waals surface area (Å²) in [6.45, 7) is 0. The fourth-order valence-corrected chi connectivity index (χ4v) is 1.37. The standard InChI is InChI=1S/C8H6ClF3N2O2/c9-5-2-6(13)7(14(15)16)1-4(5)3-8(10,11)12/h1-2H,3,13H2. The van der Waals surface area contributed by atoms with Crippen molar-refractivity contribution in [2.75, 3.05) is 5.73 Å². The lowest BCUT2D eigenvalue weighted by molar-refractivity contribution is -0.384. The van der Waals surface area contributed by atoms with Gasteiger partial charge in [0.25, 0.3) is 5.69 Å². The van der Waals surface area contributed by atoms with Gasteiger partial charge in [0, 0.05) is 11.1 Å². The zero-order valence-corrected chi connectivity index (χ0v) is 8.47. The van der Waals surface area contributed by atoms with E-state index in [0.717, 1.165) is 12.1 Å². The van der Waals surface area contributed by atoms with Crippen molar-refractivity contribution >= 4 is 23.0 Å². The number of halogens is 4. The molecule has 0 heterocycles. The third-order valence-corrected chi connectivity index (χ3v) is 2.14. The molecular weight excluding hydrogens is 249 g/mol. The normalized spacial score (nSPS) is 11.5. The highest BCUT2D eigenvalue weighted by Crippen LogP contribution is 2.32. The summed E-state index contributed by atoms with van der Waals surface area (Å²) >= 11 is 5.51. The monoisotopic (exact) mass is 254 g/mol. The number of nitrogens with two attached hydrogens (primary N) is 1. The van der Waals surface area contributed by atoms with E-state index in [-0.39, 0.29) is 16.3 Å². The van der Waals surface area contributed by atoms with Crippen LogP contribution in [0.2, 0.25) is 5.02 Å². The molecule has 8 heteroatoms. The molecule has 4 nitrogen and oxygen atoms in total. The van der Waals surface area contributed by atoms with E-state index in [2.05, 4.69) is 0 Å². The van der Waals surface area contributed by atoms with E-state index in [0.29, 0.717) is 0 Å². The molecule has 0 unspecified atom stereocenters. The van der Waals surface area contributed by atoms with E-state index >= 15 is 0 Å². The molecule has 0 aliphatic heterocycles. The van der Waals surface area contributed by atoms with Gasteiger partial charge in [-0.3, -0.25) is 10.1 Å². The highest BCUT2D eigenvalue weighted by Gasteiger charge is 2.30. The van der Waals surface area contributed by atoms with E-state index < -0.39 is 23.2 Å². The van der Waals surface area contributed by atoms with Gasteiger partial charge in [0.1, 0.15) is 5.69 Å². The zero-order chi connectivity index (χ0) is 12.5. The summed E-state index contributed by atoms with van der Waals surface area (Å²) in [5.41, 5.74) is 4.04. The summed E-state index contributed by atoms with van der Waals surface area (Å²) in [6, 6.07) is 1.69. The van der Waals surface area contributed by atoms with Crippen LogP contribution in [0.25, 0.3) is 0 Å². The van der Waals surface area contributed by atoms with Crippen LogP contribution in [-0.2, 0) is 6.42 Å². The lowest BCUT2D eigenvalue weighted by Crippen LogP contribution is -2.12. The first kappa shape index (κ1) is 12.6. The molecule has 2 N–H and O–H groups in total. The molecule has 0 spiro atoms. The lowest BCUT2D eigenvalue weighted by Gasteiger charge is -2.08. The number of rotatable bonds is 2. The fraction of sp³-hybridized carbons (Fsp3) is 0.250. The molecule has 16 heavy (non-hydrogen) atoms. The van der Waals surface area contributed by atoms with E-state index in [9.17, 15) is 23.3 Å². The first-order valence-electron chi connectivity index (χ1n) is 4.00. The predicted molar refractivity (Wildman–Crippen MR) is 52.3 cm³/mol. The Hall–Kier alpha value is -1.50. The SMILES string of the molecule is Nc1cc(Cl)c(CC(F)(F)F)cc1[N+](=O)[O-]. The average molecular weight is 255 g/mol. The first-order chi connectivity index (χ1) is 7.20. The van der Waals surface area contributed by atoms with E-state index in [4.69, 9.17) is 17.3 Å². The largest absolute Gasteiger partial charge is 0.393 e. The molecule has 0 aliphatic carbocycles. The summed E-state index contributed by atoms with van der Waals surface area (Å²) in [5.74, 6) is 0. The van der Waals surface area contributed by atoms with Crippen molar-refractivity contribution in [2.45, 2.75) is 12.6 Å². The first-order valence-corrected chi connectivity index (χ1v) is 4.37. The number of alkyl halides is 3. The summed E-state index contributed by atoms with van der Waals surface area (Å²) in [4.78, 5) is 9.60. The van der Waals surface area contributed by atoms with Crippen LogP contribution in [0.3, 0.4) is 0 Å². The second-order valence-corrected chi connectivity index (χ2v) is 3.46. The molecule has 0 saturated carbocycles. The van der Waals surface area contributed by atoms with Crippen molar-refractivity contribution in [3.05, 3.63) is 32.8 Å². The maximum Gasteiger partial charge on any atom is 0.393 e. The molecule has 1 rings (SSSR count). The van der Waals surface area contributed by atoms with Crippen LogP contribution in [0.5, 0.6) is 0 Å². The van der Waals surface area contributed by atoms with Gasteiger partial charge in [-0.15, -0.1) is 0 Å². The molecular formula is C8H6ClF3N2O2. The molecule has 0 radical (unpaired) electrons. The van der Waals surface area contributed by atoms with Gasteiger partial charge in [-0.25, -0.2) is 0 Å². The number of nitro groups is 1. The Morgan fingerprint density at radius 1 is 1.44 bits per heavy atom. The van der Waals surface area contributed by atoms with Crippen LogP contribution < -0.4 is 5.73 Å². The van der Waals surface area contributed by atoms with Gasteiger partial charge in [0.15, 0.2) is 0 Å². The third-order valence-electron chi connectivity index (χ3n) is 1.78. The topological polar surface area (TPSA) is 69.2 Å². The number of anilines is 1. The average Bonchev–Trinajstić information content (AvgIpc) is 2.07. The molecule has 1 aromatic carbocycles. The molecule has 1 aromatic rings. The van der Waals surface area contributed by atoms with E-state index in [1.54, 1.807) is 0 Å². The highest BCUT2D eigenvalue weighted by molar-refractivity contribution is 6.31. The molecule has 0 saturated heterocycles. The minimum absolute atomic E-state index is 0.236. The smallest absolute Gasteiger partial charge is 0.393 e. The summed E-state index contributed by atoms with van der Waals surface area (Å²) in [5, 5.41) is 10.2. The van der Waals surface area contributed by atoms with E-state index in [1.807, 2.05) is 0 Å². The molecule has 0 fully saturated rings. The van der Waals surface area contributed by atoms with Crippen LogP contribution in [0.4, 0.5) is 24.5 Å². The van der Waals surface area contributed by atoms with Crippen LogP contribution in [0.15, 0.2) is 12.1 Å². The molecule has 0 aromatic heterocycles. The summed E-state index contributed by atoms with van der Waals surface area (Å²) in [7, 11) is 0. The van der Waals surface area contributed by atoms with Gasteiger partial charge in [0.05, 0.1) is 11.3 Å². The van der Waals surface area contributed by atoms with Crippen molar-refractivity contribution in [3.8, 4) is 0 Å². The zero-order valence-electron chi connectivity index (χ0n) is 7.71. The quantitative estimate of drug-likeness (QED) is 0.501. The minimum Gasteiger partial charge on any atom is -0.393 e. The fourth-order valence-electron chi connectivity index (χ4n) is 1.13. The lowest BCUT2D eigenvalue weighted by atomic mass is 10.1. The van der Waals surface area contributed by atoms with Crippen LogP contribution in [0, 0.1) is 10.1 Å². The summed E-state index contributed by atoms with van der Waals surface area (Å²) in [6.07, 6.45) is -5.80. The Balaban J connectivity index is 3.20. The number of hydrogen-bond acceptors (Lipinski definition) is 3. The van der Waals surface area contributed by atoms with Gasteiger partial charge in [0.2, 0.25) is 0 Å². The number of nitrogen functional groups attached to an aromatic ring is 1. The maximum absolute atomic E-state index is 12.1. The minimum atomic E-state index is -4.48. The van der Waals surface area contributed by atoms with Gasteiger partial charge in [-0.2, -0.15) is 13.2 Å².